The Morgan fingerprint density at radius 1 is 1.07 bits per heavy atom. The Morgan fingerprint density at radius 3 is 2.37 bits per heavy atom. The van der Waals surface area contributed by atoms with Gasteiger partial charge >= 0.3 is 11.9 Å². The van der Waals surface area contributed by atoms with E-state index in [0.29, 0.717) is 22.0 Å². The number of esters is 2. The molecule has 6 nitrogen and oxygen atoms in total. The first-order valence-electron chi connectivity index (χ1n) is 9.88. The molecule has 1 aromatic carbocycles. The number of methoxy groups -OCH3 is 2. The molecule has 30 heavy (non-hydrogen) atoms. The van der Waals surface area contributed by atoms with Crippen molar-refractivity contribution in [2.45, 2.75) is 40.0 Å². The molecule has 2 aromatic rings. The molecule has 0 saturated carbocycles. The SMILES string of the molecule is COC(=O)c1cccc(C(=O)Nc2sc3c(c2C(=O)OC)CCC(C(C)(C)C)C3)c1. The van der Waals surface area contributed by atoms with Crippen molar-refractivity contribution in [2.24, 2.45) is 11.3 Å². The van der Waals surface area contributed by atoms with Crippen molar-refractivity contribution < 1.29 is 23.9 Å². The van der Waals surface area contributed by atoms with Gasteiger partial charge in [0, 0.05) is 10.4 Å². The standard InChI is InChI=1S/C23H27NO5S/c1-23(2,3)15-9-10-16-17(12-15)30-20(18(16)22(27)29-5)24-19(25)13-7-6-8-14(11-13)21(26)28-4/h6-8,11,15H,9-10,12H2,1-5H3,(H,24,25). The van der Waals surface area contributed by atoms with Gasteiger partial charge < -0.3 is 14.8 Å². The van der Waals surface area contributed by atoms with Gasteiger partial charge in [-0.15, -0.1) is 11.3 Å². The van der Waals surface area contributed by atoms with Gasteiger partial charge in [-0.3, -0.25) is 4.79 Å². The van der Waals surface area contributed by atoms with Crippen LogP contribution in [0.2, 0.25) is 0 Å². The number of hydrogen-bond donors (Lipinski definition) is 1. The first kappa shape index (κ1) is 22.0. The zero-order valence-electron chi connectivity index (χ0n) is 18.0. The van der Waals surface area contributed by atoms with Gasteiger partial charge in [-0.25, -0.2) is 9.59 Å². The maximum atomic E-state index is 12.9. The van der Waals surface area contributed by atoms with Crippen molar-refractivity contribution in [3.63, 3.8) is 0 Å². The average molecular weight is 430 g/mol. The third-order valence-corrected chi connectivity index (χ3v) is 6.82. The maximum absolute atomic E-state index is 12.9. The average Bonchev–Trinajstić information content (AvgIpc) is 3.08. The molecule has 0 bridgehead atoms. The Hall–Kier alpha value is -2.67. The minimum absolute atomic E-state index is 0.171. The molecule has 1 aromatic heterocycles. The third-order valence-electron chi connectivity index (χ3n) is 5.65. The molecule has 1 aliphatic rings. The molecule has 3 rings (SSSR count). The third kappa shape index (κ3) is 4.41. The molecule has 7 heteroatoms. The summed E-state index contributed by atoms with van der Waals surface area (Å²) >= 11 is 1.44. The number of rotatable bonds is 4. The molecule has 1 aliphatic carbocycles. The van der Waals surface area contributed by atoms with Crippen LogP contribution in [0.5, 0.6) is 0 Å². The minimum Gasteiger partial charge on any atom is -0.465 e. The highest BCUT2D eigenvalue weighted by molar-refractivity contribution is 7.17. The predicted octanol–water partition coefficient (Wildman–Crippen LogP) is 4.72. The van der Waals surface area contributed by atoms with Crippen LogP contribution in [0.3, 0.4) is 0 Å². The molecule has 1 amide bonds. The molecule has 1 atom stereocenters. The monoisotopic (exact) mass is 429 g/mol. The summed E-state index contributed by atoms with van der Waals surface area (Å²) in [6.07, 6.45) is 2.65. The minimum atomic E-state index is -0.514. The fraction of sp³-hybridized carbons (Fsp3) is 0.435. The van der Waals surface area contributed by atoms with Gasteiger partial charge in [0.25, 0.3) is 5.91 Å². The quantitative estimate of drug-likeness (QED) is 0.711. The molecule has 0 radical (unpaired) electrons. The second kappa shape index (κ2) is 8.60. The Morgan fingerprint density at radius 2 is 1.73 bits per heavy atom. The van der Waals surface area contributed by atoms with Crippen molar-refractivity contribution in [3.05, 3.63) is 51.4 Å². The predicted molar refractivity (Wildman–Crippen MR) is 116 cm³/mol. The van der Waals surface area contributed by atoms with Crippen LogP contribution in [0, 0.1) is 11.3 Å². The largest absolute Gasteiger partial charge is 0.465 e. The number of ether oxygens (including phenoxy) is 2. The van der Waals surface area contributed by atoms with Crippen molar-refractivity contribution in [1.82, 2.24) is 0 Å². The van der Waals surface area contributed by atoms with Crippen LogP contribution in [0.4, 0.5) is 5.00 Å². The topological polar surface area (TPSA) is 81.7 Å². The first-order valence-corrected chi connectivity index (χ1v) is 10.7. The van der Waals surface area contributed by atoms with E-state index in [1.807, 2.05) is 0 Å². The Balaban J connectivity index is 1.93. The van der Waals surface area contributed by atoms with E-state index in [-0.39, 0.29) is 11.0 Å². The second-order valence-corrected chi connectivity index (χ2v) is 9.64. The van der Waals surface area contributed by atoms with Crippen LogP contribution in [0.25, 0.3) is 0 Å². The van der Waals surface area contributed by atoms with Gasteiger partial charge in [0.2, 0.25) is 0 Å². The molecular weight excluding hydrogens is 402 g/mol. The summed E-state index contributed by atoms with van der Waals surface area (Å²) in [4.78, 5) is 38.3. The lowest BCUT2D eigenvalue weighted by Crippen LogP contribution is -2.26. The second-order valence-electron chi connectivity index (χ2n) is 8.53. The van der Waals surface area contributed by atoms with Crippen LogP contribution in [-0.2, 0) is 22.3 Å². The number of benzene rings is 1. The van der Waals surface area contributed by atoms with E-state index < -0.39 is 17.8 Å². The smallest absolute Gasteiger partial charge is 0.341 e. The van der Waals surface area contributed by atoms with E-state index in [1.165, 1.54) is 31.6 Å². The van der Waals surface area contributed by atoms with Crippen LogP contribution in [-0.4, -0.2) is 32.1 Å². The molecule has 1 unspecified atom stereocenters. The van der Waals surface area contributed by atoms with Crippen molar-refractivity contribution in [2.75, 3.05) is 19.5 Å². The van der Waals surface area contributed by atoms with Crippen molar-refractivity contribution in [3.8, 4) is 0 Å². The summed E-state index contributed by atoms with van der Waals surface area (Å²) in [5.41, 5.74) is 2.20. The molecule has 0 aliphatic heterocycles. The highest BCUT2D eigenvalue weighted by Crippen LogP contribution is 2.44. The highest BCUT2D eigenvalue weighted by atomic mass is 32.1. The van der Waals surface area contributed by atoms with Crippen molar-refractivity contribution in [1.29, 1.82) is 0 Å². The number of nitrogens with one attached hydrogen (secondary N) is 1. The number of amides is 1. The Labute approximate surface area is 180 Å². The van der Waals surface area contributed by atoms with Crippen molar-refractivity contribution >= 4 is 34.2 Å². The van der Waals surface area contributed by atoms with E-state index in [2.05, 4.69) is 26.1 Å². The molecule has 1 heterocycles. The lowest BCUT2D eigenvalue weighted by molar-refractivity contribution is 0.0591. The van der Waals surface area contributed by atoms with Crippen LogP contribution >= 0.6 is 11.3 Å². The summed E-state index contributed by atoms with van der Waals surface area (Å²) in [5.74, 6) is -0.841. The lowest BCUT2D eigenvalue weighted by atomic mass is 9.72. The number of carbonyl (C=O) groups is 3. The number of thiophene rings is 1. The number of carbonyl (C=O) groups excluding carboxylic acids is 3. The maximum Gasteiger partial charge on any atom is 0.341 e. The number of anilines is 1. The summed E-state index contributed by atoms with van der Waals surface area (Å²) in [6, 6.07) is 6.29. The molecule has 0 spiro atoms. The normalized spacial score (nSPS) is 15.8. The van der Waals surface area contributed by atoms with Gasteiger partial charge in [0.05, 0.1) is 25.3 Å². The van der Waals surface area contributed by atoms with Crippen LogP contribution in [0.15, 0.2) is 24.3 Å². The van der Waals surface area contributed by atoms with Gasteiger partial charge in [-0.2, -0.15) is 0 Å². The molecule has 0 saturated heterocycles. The summed E-state index contributed by atoms with van der Waals surface area (Å²) in [7, 11) is 2.64. The van der Waals surface area contributed by atoms with E-state index in [9.17, 15) is 14.4 Å². The van der Waals surface area contributed by atoms with Crippen LogP contribution < -0.4 is 5.32 Å². The Bertz CT molecular complexity index is 986. The van der Waals surface area contributed by atoms with E-state index >= 15 is 0 Å². The van der Waals surface area contributed by atoms with Gasteiger partial charge in [0.1, 0.15) is 5.00 Å². The fourth-order valence-corrected chi connectivity index (χ4v) is 5.12. The van der Waals surface area contributed by atoms with Gasteiger partial charge in [-0.1, -0.05) is 26.8 Å². The summed E-state index contributed by atoms with van der Waals surface area (Å²) in [6.45, 7) is 6.69. The molecule has 160 valence electrons. The van der Waals surface area contributed by atoms with E-state index in [1.54, 1.807) is 18.2 Å². The van der Waals surface area contributed by atoms with E-state index in [0.717, 1.165) is 29.7 Å². The molecule has 1 N–H and O–H groups in total. The zero-order valence-corrected chi connectivity index (χ0v) is 18.8. The van der Waals surface area contributed by atoms with Gasteiger partial charge in [0.15, 0.2) is 0 Å². The molecular formula is C23H27NO5S. The number of fused-ring (bicyclic) bond motifs is 1. The zero-order chi connectivity index (χ0) is 22.1. The summed E-state index contributed by atoms with van der Waals surface area (Å²) in [5, 5.41) is 3.36. The number of hydrogen-bond acceptors (Lipinski definition) is 6. The Kier molecular flexibility index (Phi) is 6.31. The van der Waals surface area contributed by atoms with Crippen LogP contribution in [0.1, 0.15) is 68.7 Å². The summed E-state index contributed by atoms with van der Waals surface area (Å²) < 4.78 is 9.72. The van der Waals surface area contributed by atoms with E-state index in [4.69, 9.17) is 9.47 Å². The molecule has 0 fully saturated rings. The highest BCUT2D eigenvalue weighted by Gasteiger charge is 2.34. The fourth-order valence-electron chi connectivity index (χ4n) is 3.81. The first-order chi connectivity index (χ1) is 14.2. The lowest BCUT2D eigenvalue weighted by Gasteiger charge is -2.33. The van der Waals surface area contributed by atoms with Gasteiger partial charge in [-0.05, 0) is 54.4 Å².